The van der Waals surface area contributed by atoms with E-state index in [0.717, 1.165) is 6.42 Å². The number of allylic oxidation sites excluding steroid dienone is 5. The van der Waals surface area contributed by atoms with Gasteiger partial charge < -0.3 is 15.5 Å². The predicted octanol–water partition coefficient (Wildman–Crippen LogP) is 3.82. The highest BCUT2D eigenvalue weighted by molar-refractivity contribution is 5.75. The van der Waals surface area contributed by atoms with Crippen molar-refractivity contribution in [2.24, 2.45) is 0 Å². The number of unbranched alkanes of at least 4 members (excludes halogenated alkanes) is 3. The Morgan fingerprint density at radius 1 is 0.960 bits per heavy atom. The number of hydrogen-bond donors (Lipinski definition) is 3. The van der Waals surface area contributed by atoms with E-state index < -0.39 is 12.2 Å². The van der Waals surface area contributed by atoms with Crippen LogP contribution in [0, 0.1) is 0 Å². The van der Waals surface area contributed by atoms with E-state index in [1.807, 2.05) is 18.2 Å². The van der Waals surface area contributed by atoms with Crippen LogP contribution in [0.15, 0.2) is 48.6 Å². The molecule has 0 spiro atoms. The fourth-order valence-corrected chi connectivity index (χ4v) is 2.15. The van der Waals surface area contributed by atoms with E-state index in [9.17, 15) is 15.0 Å². The van der Waals surface area contributed by atoms with Crippen LogP contribution in [-0.4, -0.2) is 35.4 Å². The summed E-state index contributed by atoms with van der Waals surface area (Å²) in [4.78, 5) is 11.1. The first kappa shape index (κ1) is 23.4. The Morgan fingerprint density at radius 3 is 2.28 bits per heavy atom. The quantitative estimate of drug-likeness (QED) is 0.254. The number of aliphatic hydroxyl groups is 2. The second-order valence-corrected chi connectivity index (χ2v) is 6.06. The number of aliphatic hydroxyl groups excluding tert-OH is 2. The normalized spacial score (nSPS) is 14.9. The number of carbonyl (C=O) groups excluding carboxylic acids is 1. The molecule has 3 N–H and O–H groups in total. The molecule has 25 heavy (non-hydrogen) atoms. The smallest absolute Gasteiger partial charge is 0.219 e. The van der Waals surface area contributed by atoms with Crippen molar-refractivity contribution in [3.8, 4) is 0 Å². The first-order valence-corrected chi connectivity index (χ1v) is 9.33. The number of nitrogens with one attached hydrogen (secondary N) is 1. The van der Waals surface area contributed by atoms with Gasteiger partial charge in [-0.2, -0.15) is 0 Å². The predicted molar refractivity (Wildman–Crippen MR) is 105 cm³/mol. The molecule has 0 aromatic rings. The van der Waals surface area contributed by atoms with E-state index in [-0.39, 0.29) is 5.91 Å². The lowest BCUT2D eigenvalue weighted by atomic mass is 10.1. The van der Waals surface area contributed by atoms with Crippen LogP contribution in [0.1, 0.15) is 58.3 Å². The Bertz CT molecular complexity index is 438. The van der Waals surface area contributed by atoms with Crippen LogP contribution in [0.5, 0.6) is 0 Å². The van der Waals surface area contributed by atoms with Gasteiger partial charge in [0.25, 0.3) is 0 Å². The lowest BCUT2D eigenvalue weighted by molar-refractivity contribution is -0.120. The molecule has 4 nitrogen and oxygen atoms in total. The van der Waals surface area contributed by atoms with Crippen molar-refractivity contribution in [3.05, 3.63) is 48.6 Å². The summed E-state index contributed by atoms with van der Waals surface area (Å²) < 4.78 is 0. The van der Waals surface area contributed by atoms with Gasteiger partial charge in [0.05, 0.1) is 12.2 Å². The largest absolute Gasteiger partial charge is 0.389 e. The monoisotopic (exact) mass is 349 g/mol. The molecule has 0 fully saturated rings. The van der Waals surface area contributed by atoms with Gasteiger partial charge in [0.15, 0.2) is 0 Å². The summed E-state index contributed by atoms with van der Waals surface area (Å²) >= 11 is 0. The minimum Gasteiger partial charge on any atom is -0.389 e. The Kier molecular flexibility index (Phi) is 16.0. The van der Waals surface area contributed by atoms with Crippen LogP contribution < -0.4 is 5.32 Å². The van der Waals surface area contributed by atoms with E-state index >= 15 is 0 Å². The molecule has 4 heteroatoms. The molecule has 0 aliphatic rings. The first-order chi connectivity index (χ1) is 12.1. The minimum atomic E-state index is -0.540. The van der Waals surface area contributed by atoms with Crippen LogP contribution in [0.4, 0.5) is 0 Å². The van der Waals surface area contributed by atoms with Crippen molar-refractivity contribution >= 4 is 5.91 Å². The van der Waals surface area contributed by atoms with Crippen molar-refractivity contribution in [3.63, 3.8) is 0 Å². The maximum atomic E-state index is 11.1. The van der Waals surface area contributed by atoms with Crippen LogP contribution in [-0.2, 0) is 4.79 Å². The Balaban J connectivity index is 3.82. The molecule has 0 aromatic carbocycles. The SMILES string of the molecule is CCCCC/C=C\C[C@H](O)/C=C/C=C/C=C\[C@H](O)CCCC(=O)NC. The van der Waals surface area contributed by atoms with E-state index in [4.69, 9.17) is 0 Å². The fraction of sp³-hybridized carbons (Fsp3) is 0.571. The number of amides is 1. The molecule has 0 saturated heterocycles. The van der Waals surface area contributed by atoms with Crippen molar-refractivity contribution in [2.45, 2.75) is 70.5 Å². The van der Waals surface area contributed by atoms with Crippen LogP contribution in [0.3, 0.4) is 0 Å². The highest BCUT2D eigenvalue weighted by Crippen LogP contribution is 2.03. The summed E-state index contributed by atoms with van der Waals surface area (Å²) in [6, 6.07) is 0. The molecular formula is C21H35NO3. The molecule has 0 aromatic heterocycles. The average Bonchev–Trinajstić information content (AvgIpc) is 2.60. The molecule has 0 aliphatic carbocycles. The van der Waals surface area contributed by atoms with E-state index in [2.05, 4.69) is 18.3 Å². The van der Waals surface area contributed by atoms with Gasteiger partial charge in [0, 0.05) is 13.5 Å². The molecule has 142 valence electrons. The van der Waals surface area contributed by atoms with Crippen molar-refractivity contribution < 1.29 is 15.0 Å². The molecule has 0 radical (unpaired) electrons. The minimum absolute atomic E-state index is 0.00410. The Morgan fingerprint density at radius 2 is 1.64 bits per heavy atom. The fourth-order valence-electron chi connectivity index (χ4n) is 2.15. The summed E-state index contributed by atoms with van der Waals surface area (Å²) in [5.41, 5.74) is 0. The zero-order chi connectivity index (χ0) is 18.8. The molecular weight excluding hydrogens is 314 g/mol. The van der Waals surface area contributed by atoms with Gasteiger partial charge in [-0.15, -0.1) is 0 Å². The molecule has 1 amide bonds. The van der Waals surface area contributed by atoms with Gasteiger partial charge in [0.1, 0.15) is 0 Å². The third-order valence-electron chi connectivity index (χ3n) is 3.70. The average molecular weight is 350 g/mol. The molecule has 0 bridgehead atoms. The molecule has 0 rings (SSSR count). The molecule has 0 saturated carbocycles. The van der Waals surface area contributed by atoms with Crippen molar-refractivity contribution in [1.82, 2.24) is 5.32 Å². The topological polar surface area (TPSA) is 69.6 Å². The van der Waals surface area contributed by atoms with Gasteiger partial charge in [-0.1, -0.05) is 68.4 Å². The zero-order valence-corrected chi connectivity index (χ0v) is 15.7. The van der Waals surface area contributed by atoms with Crippen LogP contribution in [0.25, 0.3) is 0 Å². The van der Waals surface area contributed by atoms with Crippen LogP contribution >= 0.6 is 0 Å². The summed E-state index contributed by atoms with van der Waals surface area (Å²) in [5, 5.41) is 22.1. The molecule has 0 unspecified atom stereocenters. The van der Waals surface area contributed by atoms with Crippen molar-refractivity contribution in [2.75, 3.05) is 7.05 Å². The summed E-state index contributed by atoms with van der Waals surface area (Å²) in [6.45, 7) is 2.19. The first-order valence-electron chi connectivity index (χ1n) is 9.33. The van der Waals surface area contributed by atoms with Gasteiger partial charge >= 0.3 is 0 Å². The lowest BCUT2D eigenvalue weighted by Gasteiger charge is -2.03. The maximum absolute atomic E-state index is 11.1. The van der Waals surface area contributed by atoms with Gasteiger partial charge in [-0.25, -0.2) is 0 Å². The summed E-state index contributed by atoms with van der Waals surface area (Å²) in [7, 11) is 1.61. The van der Waals surface area contributed by atoms with Crippen molar-refractivity contribution in [1.29, 1.82) is 0 Å². The van der Waals surface area contributed by atoms with E-state index in [1.165, 1.54) is 19.3 Å². The number of rotatable bonds is 14. The maximum Gasteiger partial charge on any atom is 0.219 e. The van der Waals surface area contributed by atoms with Gasteiger partial charge in [0.2, 0.25) is 5.91 Å². The summed E-state index contributed by atoms with van der Waals surface area (Å²) in [6.07, 6.45) is 20.9. The van der Waals surface area contributed by atoms with E-state index in [0.29, 0.717) is 25.7 Å². The zero-order valence-electron chi connectivity index (χ0n) is 15.7. The second-order valence-electron chi connectivity index (χ2n) is 6.06. The Labute approximate surface area is 153 Å². The highest BCUT2D eigenvalue weighted by atomic mass is 16.3. The third-order valence-corrected chi connectivity index (χ3v) is 3.70. The number of carbonyl (C=O) groups is 1. The lowest BCUT2D eigenvalue weighted by Crippen LogP contribution is -2.17. The van der Waals surface area contributed by atoms with E-state index in [1.54, 1.807) is 31.4 Å². The standard InChI is InChI=1S/C21H35NO3/c1-3-4-5-6-7-10-14-19(23)15-11-8-9-12-16-20(24)17-13-18-21(25)22-2/h7-12,15-16,19-20,23-24H,3-6,13-14,17-18H2,1-2H3,(H,22,25)/b9-8+,10-7-,15-11+,16-12-/t19-,20-/m0/s1. The molecule has 2 atom stereocenters. The van der Waals surface area contributed by atoms with Gasteiger partial charge in [-0.3, -0.25) is 4.79 Å². The molecule has 0 aliphatic heterocycles. The third kappa shape index (κ3) is 17.0. The van der Waals surface area contributed by atoms with Gasteiger partial charge in [-0.05, 0) is 32.1 Å². The second kappa shape index (κ2) is 17.2. The Hall–Kier alpha value is -1.65. The highest BCUT2D eigenvalue weighted by Gasteiger charge is 2.01. The van der Waals surface area contributed by atoms with Crippen LogP contribution in [0.2, 0.25) is 0 Å². The molecule has 0 heterocycles. The summed E-state index contributed by atoms with van der Waals surface area (Å²) in [5.74, 6) is -0.00410. The number of hydrogen-bond acceptors (Lipinski definition) is 3.